The predicted molar refractivity (Wildman–Crippen MR) is 31.7 cm³/mol. The number of oxime groups is 1. The molecule has 3 heteroatoms. The molecule has 0 amide bonds. The molecule has 0 saturated carbocycles. The molecule has 3 nitrogen and oxygen atoms in total. The van der Waals surface area contributed by atoms with E-state index in [2.05, 4.69) is 16.7 Å². The molecule has 0 bridgehead atoms. The molecular weight excluding hydrogens is 106 g/mol. The summed E-state index contributed by atoms with van der Waals surface area (Å²) in [6.45, 7) is 6.64. The lowest BCUT2D eigenvalue weighted by Crippen LogP contribution is -2.23. The fourth-order valence-corrected chi connectivity index (χ4v) is 0.193. The molecule has 0 aromatic carbocycles. The second-order valence-corrected chi connectivity index (χ2v) is 1.82. The summed E-state index contributed by atoms with van der Waals surface area (Å²) in [6, 6.07) is 0. The van der Waals surface area contributed by atoms with Gasteiger partial charge in [-0.3, -0.25) is 0 Å². The Hall–Kier alpha value is -0.570. The molecule has 0 atom stereocenters. The van der Waals surface area contributed by atoms with Gasteiger partial charge in [0.2, 0.25) is 5.79 Å². The fraction of sp³-hybridized carbons (Fsp3) is 0.800. The molecule has 0 unspecified atom stereocenters. The molecule has 8 heavy (non-hydrogen) atoms. The van der Waals surface area contributed by atoms with Crippen LogP contribution in [0.5, 0.6) is 0 Å². The highest BCUT2D eigenvalue weighted by Gasteiger charge is 2.15. The summed E-state index contributed by atoms with van der Waals surface area (Å²) in [5.74, 6) is -0.637. The van der Waals surface area contributed by atoms with Crippen LogP contribution >= 0.6 is 0 Å². The summed E-state index contributed by atoms with van der Waals surface area (Å²) < 4.78 is 4.82. The SMILES string of the molecule is C=NOC(C)(C)OC. The largest absolute Gasteiger partial charge is 0.362 e. The third kappa shape index (κ3) is 2.58. The second-order valence-electron chi connectivity index (χ2n) is 1.82. The number of nitrogens with zero attached hydrogens (tertiary/aromatic N) is 1. The van der Waals surface area contributed by atoms with Gasteiger partial charge < -0.3 is 9.57 Å². The van der Waals surface area contributed by atoms with Crippen molar-refractivity contribution >= 4 is 6.72 Å². The lowest BCUT2D eigenvalue weighted by atomic mass is 10.4. The van der Waals surface area contributed by atoms with Gasteiger partial charge in [-0.25, -0.2) is 0 Å². The van der Waals surface area contributed by atoms with Gasteiger partial charge in [0.25, 0.3) is 0 Å². The molecule has 0 heterocycles. The van der Waals surface area contributed by atoms with Crippen LogP contribution in [0.15, 0.2) is 5.16 Å². The Labute approximate surface area is 49.3 Å². The van der Waals surface area contributed by atoms with Crippen molar-refractivity contribution in [2.45, 2.75) is 19.6 Å². The van der Waals surface area contributed by atoms with Crippen molar-refractivity contribution in [2.24, 2.45) is 5.16 Å². The maximum atomic E-state index is 4.82. The maximum absolute atomic E-state index is 4.82. The van der Waals surface area contributed by atoms with Gasteiger partial charge in [0.05, 0.1) is 0 Å². The molecule has 0 rings (SSSR count). The Kier molecular flexibility index (Phi) is 2.48. The number of ether oxygens (including phenoxy) is 1. The number of rotatable bonds is 3. The molecule has 0 spiro atoms. The maximum Gasteiger partial charge on any atom is 0.230 e. The normalized spacial score (nSPS) is 10.9. The van der Waals surface area contributed by atoms with Crippen molar-refractivity contribution < 1.29 is 9.57 Å². The molecule has 0 radical (unpaired) electrons. The van der Waals surface area contributed by atoms with Crippen molar-refractivity contribution in [1.29, 1.82) is 0 Å². The first-order chi connectivity index (χ1) is 3.62. The quantitative estimate of drug-likeness (QED) is 0.313. The van der Waals surface area contributed by atoms with Crippen LogP contribution in [0.25, 0.3) is 0 Å². The van der Waals surface area contributed by atoms with Gasteiger partial charge in [0, 0.05) is 27.7 Å². The summed E-state index contributed by atoms with van der Waals surface area (Å²) in [7, 11) is 1.55. The smallest absolute Gasteiger partial charge is 0.230 e. The van der Waals surface area contributed by atoms with E-state index in [9.17, 15) is 0 Å². The summed E-state index contributed by atoms with van der Waals surface area (Å²) in [5.41, 5.74) is 0. The topological polar surface area (TPSA) is 30.8 Å². The van der Waals surface area contributed by atoms with E-state index in [1.54, 1.807) is 21.0 Å². The first-order valence-electron chi connectivity index (χ1n) is 2.32. The monoisotopic (exact) mass is 117 g/mol. The first kappa shape index (κ1) is 7.43. The zero-order valence-electron chi connectivity index (χ0n) is 5.47. The minimum absolute atomic E-state index is 0.637. The average Bonchev–Trinajstić information content (AvgIpc) is 1.67. The predicted octanol–water partition coefficient (Wildman–Crippen LogP) is 1.00. The van der Waals surface area contributed by atoms with E-state index in [4.69, 9.17) is 4.74 Å². The van der Waals surface area contributed by atoms with Crippen LogP contribution in [0, 0.1) is 0 Å². The lowest BCUT2D eigenvalue weighted by molar-refractivity contribution is -0.196. The minimum atomic E-state index is -0.637. The van der Waals surface area contributed by atoms with Crippen molar-refractivity contribution in [3.8, 4) is 0 Å². The van der Waals surface area contributed by atoms with Crippen molar-refractivity contribution in [1.82, 2.24) is 0 Å². The lowest BCUT2D eigenvalue weighted by Gasteiger charge is -2.18. The van der Waals surface area contributed by atoms with Crippen LogP contribution in [0.1, 0.15) is 13.8 Å². The summed E-state index contributed by atoms with van der Waals surface area (Å²) in [6.07, 6.45) is 0. The molecule has 48 valence electrons. The van der Waals surface area contributed by atoms with Crippen LogP contribution in [0.4, 0.5) is 0 Å². The van der Waals surface area contributed by atoms with Crippen molar-refractivity contribution in [2.75, 3.05) is 7.11 Å². The third-order valence-corrected chi connectivity index (χ3v) is 0.776. The highest BCUT2D eigenvalue weighted by Crippen LogP contribution is 2.07. The number of hydrogen-bond donors (Lipinski definition) is 0. The molecular formula is C5H11NO2. The van der Waals surface area contributed by atoms with Gasteiger partial charge in [-0.15, -0.1) is 0 Å². The summed E-state index contributed by atoms with van der Waals surface area (Å²) >= 11 is 0. The molecule has 0 aliphatic rings. The van der Waals surface area contributed by atoms with Crippen LogP contribution < -0.4 is 0 Å². The fourth-order valence-electron chi connectivity index (χ4n) is 0.193. The van der Waals surface area contributed by atoms with Gasteiger partial charge in [0.1, 0.15) is 0 Å². The third-order valence-electron chi connectivity index (χ3n) is 0.776. The molecule has 0 aliphatic heterocycles. The molecule has 0 fully saturated rings. The van der Waals surface area contributed by atoms with Crippen LogP contribution in [0.3, 0.4) is 0 Å². The molecule has 0 aromatic heterocycles. The zero-order valence-corrected chi connectivity index (χ0v) is 5.47. The second kappa shape index (κ2) is 2.67. The van der Waals surface area contributed by atoms with Gasteiger partial charge in [-0.05, 0) is 0 Å². The Balaban J connectivity index is 3.53. The summed E-state index contributed by atoms with van der Waals surface area (Å²) in [4.78, 5) is 4.67. The number of methoxy groups -OCH3 is 1. The van der Waals surface area contributed by atoms with E-state index in [0.29, 0.717) is 0 Å². The Morgan fingerprint density at radius 1 is 1.50 bits per heavy atom. The van der Waals surface area contributed by atoms with E-state index >= 15 is 0 Å². The Morgan fingerprint density at radius 3 is 2.12 bits per heavy atom. The van der Waals surface area contributed by atoms with E-state index in [1.807, 2.05) is 0 Å². The van der Waals surface area contributed by atoms with E-state index in [1.165, 1.54) is 0 Å². The molecule has 0 aliphatic carbocycles. The van der Waals surface area contributed by atoms with Gasteiger partial charge in [-0.2, -0.15) is 0 Å². The van der Waals surface area contributed by atoms with Crippen molar-refractivity contribution in [3.63, 3.8) is 0 Å². The van der Waals surface area contributed by atoms with E-state index in [-0.39, 0.29) is 0 Å². The molecule has 0 saturated heterocycles. The van der Waals surface area contributed by atoms with E-state index in [0.717, 1.165) is 0 Å². The minimum Gasteiger partial charge on any atom is -0.362 e. The van der Waals surface area contributed by atoms with Gasteiger partial charge in [0.15, 0.2) is 0 Å². The highest BCUT2D eigenvalue weighted by atomic mass is 16.8. The van der Waals surface area contributed by atoms with Gasteiger partial charge >= 0.3 is 0 Å². The van der Waals surface area contributed by atoms with Crippen LogP contribution in [-0.4, -0.2) is 19.6 Å². The summed E-state index contributed by atoms with van der Waals surface area (Å²) in [5, 5.41) is 3.20. The van der Waals surface area contributed by atoms with Crippen LogP contribution in [-0.2, 0) is 9.57 Å². The Bertz CT molecular complexity index is 80.5. The van der Waals surface area contributed by atoms with E-state index < -0.39 is 5.79 Å². The first-order valence-corrected chi connectivity index (χ1v) is 2.32. The van der Waals surface area contributed by atoms with Crippen LogP contribution in [0.2, 0.25) is 0 Å². The van der Waals surface area contributed by atoms with Gasteiger partial charge in [-0.1, -0.05) is 5.16 Å². The Morgan fingerprint density at radius 2 is 2.00 bits per heavy atom. The molecule has 0 N–H and O–H groups in total. The molecule has 0 aromatic rings. The average molecular weight is 117 g/mol. The zero-order chi connectivity index (χ0) is 6.62. The highest BCUT2D eigenvalue weighted by molar-refractivity contribution is 5.21. The standard InChI is InChI=1S/C5H11NO2/c1-5(2,7-4)8-6-3/h3H2,1-2,4H3. The number of hydrogen-bond acceptors (Lipinski definition) is 3. The van der Waals surface area contributed by atoms with Crippen molar-refractivity contribution in [3.05, 3.63) is 0 Å².